The number of hydrogen-bond acceptors (Lipinski definition) is 3. The molecular formula is C14H22N2O. The van der Waals surface area contributed by atoms with E-state index in [1.54, 1.807) is 7.11 Å². The first-order valence-corrected chi connectivity index (χ1v) is 6.31. The second-order valence-corrected chi connectivity index (χ2v) is 4.91. The molecule has 3 nitrogen and oxygen atoms in total. The summed E-state index contributed by atoms with van der Waals surface area (Å²) in [4.78, 5) is 2.24. The minimum atomic E-state index is 0.378. The molecule has 1 aliphatic carbocycles. The molecule has 1 fully saturated rings. The Balaban J connectivity index is 1.86. The van der Waals surface area contributed by atoms with Crippen molar-refractivity contribution >= 4 is 5.69 Å². The van der Waals surface area contributed by atoms with E-state index in [9.17, 15) is 0 Å². The molecule has 0 aliphatic heterocycles. The van der Waals surface area contributed by atoms with Crippen LogP contribution in [0.1, 0.15) is 19.3 Å². The first-order valence-electron chi connectivity index (χ1n) is 6.31. The first-order chi connectivity index (χ1) is 8.20. The van der Waals surface area contributed by atoms with Crippen LogP contribution in [0.2, 0.25) is 0 Å². The van der Waals surface area contributed by atoms with E-state index in [-0.39, 0.29) is 0 Å². The lowest BCUT2D eigenvalue weighted by molar-refractivity contribution is 0.415. The van der Waals surface area contributed by atoms with Crippen molar-refractivity contribution in [1.82, 2.24) is 0 Å². The highest BCUT2D eigenvalue weighted by atomic mass is 16.5. The number of anilines is 1. The minimum absolute atomic E-state index is 0.378. The van der Waals surface area contributed by atoms with E-state index in [1.165, 1.54) is 18.5 Å². The second-order valence-electron chi connectivity index (χ2n) is 4.91. The molecule has 1 aromatic carbocycles. The van der Waals surface area contributed by atoms with Crippen LogP contribution in [0, 0.1) is 5.92 Å². The molecule has 0 bridgehead atoms. The van der Waals surface area contributed by atoms with Gasteiger partial charge < -0.3 is 15.4 Å². The Morgan fingerprint density at radius 1 is 1.47 bits per heavy atom. The molecule has 0 spiro atoms. The molecule has 2 N–H and O–H groups in total. The second kappa shape index (κ2) is 5.41. The Hall–Kier alpha value is -1.22. The van der Waals surface area contributed by atoms with Crippen molar-refractivity contribution in [3.8, 4) is 5.75 Å². The van der Waals surface area contributed by atoms with Gasteiger partial charge in [0.2, 0.25) is 0 Å². The fourth-order valence-electron chi connectivity index (χ4n) is 2.08. The van der Waals surface area contributed by atoms with Crippen molar-refractivity contribution in [2.45, 2.75) is 25.3 Å². The van der Waals surface area contributed by atoms with Gasteiger partial charge in [0, 0.05) is 31.4 Å². The molecule has 1 aromatic rings. The molecule has 2 rings (SSSR count). The van der Waals surface area contributed by atoms with E-state index >= 15 is 0 Å². The van der Waals surface area contributed by atoms with Gasteiger partial charge >= 0.3 is 0 Å². The zero-order chi connectivity index (χ0) is 12.3. The molecule has 0 amide bonds. The number of rotatable bonds is 6. The van der Waals surface area contributed by atoms with Crippen LogP contribution in [0.25, 0.3) is 0 Å². The van der Waals surface area contributed by atoms with Gasteiger partial charge in [-0.25, -0.2) is 0 Å². The van der Waals surface area contributed by atoms with Crippen LogP contribution in [-0.4, -0.2) is 26.7 Å². The molecule has 0 heterocycles. The molecule has 0 saturated heterocycles. The molecule has 1 saturated carbocycles. The third-order valence-electron chi connectivity index (χ3n) is 3.52. The minimum Gasteiger partial charge on any atom is -0.497 e. The monoisotopic (exact) mass is 234 g/mol. The lowest BCUT2D eigenvalue weighted by Crippen LogP contribution is -2.29. The summed E-state index contributed by atoms with van der Waals surface area (Å²) in [6.07, 6.45) is 3.71. The smallest absolute Gasteiger partial charge is 0.120 e. The van der Waals surface area contributed by atoms with Crippen molar-refractivity contribution in [2.24, 2.45) is 11.7 Å². The molecule has 0 radical (unpaired) electrons. The summed E-state index contributed by atoms with van der Waals surface area (Å²) >= 11 is 0. The summed E-state index contributed by atoms with van der Waals surface area (Å²) in [5.41, 5.74) is 7.30. The van der Waals surface area contributed by atoms with E-state index in [4.69, 9.17) is 10.5 Å². The maximum absolute atomic E-state index is 6.11. The SMILES string of the molecule is COc1cccc(N(C)CCC(N)C2CC2)c1. The van der Waals surface area contributed by atoms with Gasteiger partial charge in [0.05, 0.1) is 7.11 Å². The van der Waals surface area contributed by atoms with Gasteiger partial charge in [-0.2, -0.15) is 0 Å². The quantitative estimate of drug-likeness (QED) is 0.820. The summed E-state index contributed by atoms with van der Waals surface area (Å²) in [6, 6.07) is 8.52. The van der Waals surface area contributed by atoms with Crippen LogP contribution < -0.4 is 15.4 Å². The van der Waals surface area contributed by atoms with Crippen LogP contribution in [0.4, 0.5) is 5.69 Å². The van der Waals surface area contributed by atoms with Crippen LogP contribution in [-0.2, 0) is 0 Å². The van der Waals surface area contributed by atoms with Crippen molar-refractivity contribution in [3.63, 3.8) is 0 Å². The van der Waals surface area contributed by atoms with Crippen LogP contribution >= 0.6 is 0 Å². The van der Waals surface area contributed by atoms with Crippen LogP contribution in [0.3, 0.4) is 0 Å². The summed E-state index contributed by atoms with van der Waals surface area (Å²) in [5, 5.41) is 0. The Morgan fingerprint density at radius 2 is 2.24 bits per heavy atom. The Kier molecular flexibility index (Phi) is 3.89. The lowest BCUT2D eigenvalue weighted by atomic mass is 10.1. The molecule has 0 aromatic heterocycles. The topological polar surface area (TPSA) is 38.5 Å². The normalized spacial score (nSPS) is 16.6. The van der Waals surface area contributed by atoms with Crippen LogP contribution in [0.5, 0.6) is 5.75 Å². The summed E-state index contributed by atoms with van der Waals surface area (Å²) in [5.74, 6) is 1.69. The number of ether oxygens (including phenoxy) is 1. The first kappa shape index (κ1) is 12.2. The van der Waals surface area contributed by atoms with Crippen molar-refractivity contribution in [3.05, 3.63) is 24.3 Å². The van der Waals surface area contributed by atoms with E-state index in [2.05, 4.69) is 24.1 Å². The predicted molar refractivity (Wildman–Crippen MR) is 71.6 cm³/mol. The maximum Gasteiger partial charge on any atom is 0.120 e. The van der Waals surface area contributed by atoms with Crippen LogP contribution in [0.15, 0.2) is 24.3 Å². The van der Waals surface area contributed by atoms with Gasteiger partial charge in [0.25, 0.3) is 0 Å². The van der Waals surface area contributed by atoms with E-state index in [0.29, 0.717) is 6.04 Å². The van der Waals surface area contributed by atoms with E-state index in [0.717, 1.165) is 24.6 Å². The van der Waals surface area contributed by atoms with Gasteiger partial charge in [-0.05, 0) is 37.3 Å². The predicted octanol–water partition coefficient (Wildman–Crippen LogP) is 2.26. The number of benzene rings is 1. The zero-order valence-electron chi connectivity index (χ0n) is 10.7. The summed E-state index contributed by atoms with van der Waals surface area (Å²) < 4.78 is 5.23. The fourth-order valence-corrected chi connectivity index (χ4v) is 2.08. The van der Waals surface area contributed by atoms with Gasteiger partial charge in [0.1, 0.15) is 5.75 Å². The lowest BCUT2D eigenvalue weighted by Gasteiger charge is -2.21. The highest BCUT2D eigenvalue weighted by molar-refractivity contribution is 5.50. The highest BCUT2D eigenvalue weighted by Crippen LogP contribution is 2.33. The van der Waals surface area contributed by atoms with Crippen molar-refractivity contribution < 1.29 is 4.74 Å². The number of nitrogens with zero attached hydrogens (tertiary/aromatic N) is 1. The molecule has 1 unspecified atom stereocenters. The van der Waals surface area contributed by atoms with Gasteiger partial charge in [-0.15, -0.1) is 0 Å². The Bertz CT molecular complexity index is 363. The largest absolute Gasteiger partial charge is 0.497 e. The molecule has 3 heteroatoms. The third kappa shape index (κ3) is 3.37. The summed E-state index contributed by atoms with van der Waals surface area (Å²) in [6.45, 7) is 1.00. The molecular weight excluding hydrogens is 212 g/mol. The average Bonchev–Trinajstić information content (AvgIpc) is 3.19. The zero-order valence-corrected chi connectivity index (χ0v) is 10.7. The molecule has 94 valence electrons. The molecule has 1 aliphatic rings. The van der Waals surface area contributed by atoms with E-state index < -0.39 is 0 Å². The van der Waals surface area contributed by atoms with E-state index in [1.807, 2.05) is 12.1 Å². The van der Waals surface area contributed by atoms with Gasteiger partial charge in [-0.3, -0.25) is 0 Å². The molecule has 17 heavy (non-hydrogen) atoms. The standard InChI is InChI=1S/C14H22N2O/c1-16(9-8-14(15)11-6-7-11)12-4-3-5-13(10-12)17-2/h3-5,10-11,14H,6-9,15H2,1-2H3. The highest BCUT2D eigenvalue weighted by Gasteiger charge is 2.28. The van der Waals surface area contributed by atoms with Crippen molar-refractivity contribution in [1.29, 1.82) is 0 Å². The molecule has 1 atom stereocenters. The number of nitrogens with two attached hydrogens (primary N) is 1. The van der Waals surface area contributed by atoms with Crippen molar-refractivity contribution in [2.75, 3.05) is 25.6 Å². The van der Waals surface area contributed by atoms with Gasteiger partial charge in [-0.1, -0.05) is 6.07 Å². The number of hydrogen-bond donors (Lipinski definition) is 1. The average molecular weight is 234 g/mol. The summed E-state index contributed by atoms with van der Waals surface area (Å²) in [7, 11) is 3.80. The third-order valence-corrected chi connectivity index (χ3v) is 3.52. The number of methoxy groups -OCH3 is 1. The van der Waals surface area contributed by atoms with Gasteiger partial charge in [0.15, 0.2) is 0 Å². The Labute approximate surface area is 104 Å². The maximum atomic E-state index is 6.11. The fraction of sp³-hybridized carbons (Fsp3) is 0.571. The Morgan fingerprint density at radius 3 is 2.88 bits per heavy atom.